The highest BCUT2D eigenvalue weighted by Crippen LogP contribution is 2.38. The molecule has 2 fully saturated rings. The lowest BCUT2D eigenvalue weighted by molar-refractivity contribution is -0.140. The highest BCUT2D eigenvalue weighted by Gasteiger charge is 2.57. The van der Waals surface area contributed by atoms with Crippen LogP contribution >= 0.6 is 0 Å². The summed E-state index contributed by atoms with van der Waals surface area (Å²) in [4.78, 5) is 32.8. The van der Waals surface area contributed by atoms with Crippen LogP contribution in [0, 0.1) is 0 Å². The lowest BCUT2D eigenvalue weighted by Crippen LogP contribution is -2.53. The number of fused-ring (bicyclic) bond motifs is 1. The molecule has 132 valence electrons. The van der Waals surface area contributed by atoms with Crippen LogP contribution in [0.3, 0.4) is 0 Å². The van der Waals surface area contributed by atoms with E-state index in [-0.39, 0.29) is 5.91 Å². The molecule has 0 unspecified atom stereocenters. The van der Waals surface area contributed by atoms with Gasteiger partial charge in [-0.1, -0.05) is 12.1 Å². The van der Waals surface area contributed by atoms with E-state index in [0.29, 0.717) is 31.9 Å². The molecule has 1 aromatic heterocycles. The van der Waals surface area contributed by atoms with Gasteiger partial charge in [0, 0.05) is 31.5 Å². The second kappa shape index (κ2) is 5.21. The minimum Gasteiger partial charge on any atom is -0.432 e. The van der Waals surface area contributed by atoms with Crippen molar-refractivity contribution < 1.29 is 18.7 Å². The SMILES string of the molecule is CC(C)(C)N1C(=O)OC2(CCN(c3nc4ccccc4o3)CC2)C1=O. The molecule has 1 spiro atoms. The van der Waals surface area contributed by atoms with Crippen LogP contribution < -0.4 is 4.90 Å². The number of carbonyl (C=O) groups is 2. The van der Waals surface area contributed by atoms with Crippen molar-refractivity contribution >= 4 is 29.1 Å². The number of ether oxygens (including phenoxy) is 1. The van der Waals surface area contributed by atoms with E-state index in [9.17, 15) is 9.59 Å². The van der Waals surface area contributed by atoms with E-state index in [1.54, 1.807) is 0 Å². The van der Waals surface area contributed by atoms with Gasteiger partial charge in [0.15, 0.2) is 11.2 Å². The van der Waals surface area contributed by atoms with Gasteiger partial charge in [-0.3, -0.25) is 4.79 Å². The lowest BCUT2D eigenvalue weighted by Gasteiger charge is -2.36. The summed E-state index contributed by atoms with van der Waals surface area (Å²) in [5, 5.41) is 0. The zero-order valence-corrected chi connectivity index (χ0v) is 14.6. The van der Waals surface area contributed by atoms with Crippen molar-refractivity contribution in [3.8, 4) is 0 Å². The summed E-state index contributed by atoms with van der Waals surface area (Å²) in [5.41, 5.74) is -0.0951. The Morgan fingerprint density at radius 1 is 1.12 bits per heavy atom. The second-order valence-corrected chi connectivity index (χ2v) is 7.62. The van der Waals surface area contributed by atoms with Gasteiger partial charge in [0.1, 0.15) is 5.52 Å². The van der Waals surface area contributed by atoms with Crippen molar-refractivity contribution in [1.82, 2.24) is 9.88 Å². The quantitative estimate of drug-likeness (QED) is 0.792. The normalized spacial score (nSPS) is 20.6. The highest BCUT2D eigenvalue weighted by atomic mass is 16.6. The molecular formula is C18H21N3O4. The van der Waals surface area contributed by atoms with E-state index in [4.69, 9.17) is 9.15 Å². The molecular weight excluding hydrogens is 322 g/mol. The monoisotopic (exact) mass is 343 g/mol. The Kier molecular flexibility index (Phi) is 3.32. The van der Waals surface area contributed by atoms with E-state index in [2.05, 4.69) is 4.98 Å². The summed E-state index contributed by atoms with van der Waals surface area (Å²) in [7, 11) is 0. The van der Waals surface area contributed by atoms with Gasteiger partial charge in [-0.15, -0.1) is 0 Å². The van der Waals surface area contributed by atoms with Gasteiger partial charge in [-0.25, -0.2) is 9.69 Å². The van der Waals surface area contributed by atoms with E-state index < -0.39 is 17.2 Å². The number of amides is 2. The van der Waals surface area contributed by atoms with Gasteiger partial charge in [-0.2, -0.15) is 4.98 Å². The number of benzene rings is 1. The van der Waals surface area contributed by atoms with E-state index >= 15 is 0 Å². The zero-order chi connectivity index (χ0) is 17.8. The Labute approximate surface area is 145 Å². The number of carbonyl (C=O) groups excluding carboxylic acids is 2. The standard InChI is InChI=1S/C18H21N3O4/c1-17(2,3)21-14(22)18(25-16(21)23)8-10-20(11-9-18)15-19-12-6-4-5-7-13(12)24-15/h4-7H,8-11H2,1-3H3. The van der Waals surface area contributed by atoms with Crippen LogP contribution in [0.2, 0.25) is 0 Å². The van der Waals surface area contributed by atoms with Crippen LogP contribution in [-0.4, -0.2) is 46.1 Å². The number of rotatable bonds is 1. The summed E-state index contributed by atoms with van der Waals surface area (Å²) in [5.74, 6) is -0.234. The number of para-hydroxylation sites is 2. The van der Waals surface area contributed by atoms with Gasteiger partial charge in [0.25, 0.3) is 11.9 Å². The fourth-order valence-electron chi connectivity index (χ4n) is 3.49. The Morgan fingerprint density at radius 2 is 1.80 bits per heavy atom. The fraction of sp³-hybridized carbons (Fsp3) is 0.500. The molecule has 2 aromatic rings. The van der Waals surface area contributed by atoms with E-state index in [0.717, 1.165) is 11.1 Å². The Morgan fingerprint density at radius 3 is 2.40 bits per heavy atom. The third-order valence-corrected chi connectivity index (χ3v) is 4.85. The zero-order valence-electron chi connectivity index (χ0n) is 14.6. The van der Waals surface area contributed by atoms with E-state index in [1.165, 1.54) is 4.90 Å². The summed E-state index contributed by atoms with van der Waals surface area (Å²) in [6.45, 7) is 6.59. The first-order valence-electron chi connectivity index (χ1n) is 8.48. The van der Waals surface area contributed by atoms with Crippen molar-refractivity contribution in [3.05, 3.63) is 24.3 Å². The molecule has 7 heteroatoms. The predicted molar refractivity (Wildman–Crippen MR) is 91.3 cm³/mol. The van der Waals surface area contributed by atoms with Gasteiger partial charge in [0.2, 0.25) is 0 Å². The number of hydrogen-bond acceptors (Lipinski definition) is 6. The summed E-state index contributed by atoms with van der Waals surface area (Å²) in [6.07, 6.45) is 0.319. The van der Waals surface area contributed by atoms with Gasteiger partial charge in [0.05, 0.1) is 0 Å². The van der Waals surface area contributed by atoms with Crippen LogP contribution in [0.25, 0.3) is 11.1 Å². The summed E-state index contributed by atoms with van der Waals surface area (Å²) >= 11 is 0. The van der Waals surface area contributed by atoms with Crippen molar-refractivity contribution in [2.24, 2.45) is 0 Å². The third kappa shape index (κ3) is 2.45. The molecule has 25 heavy (non-hydrogen) atoms. The molecule has 0 radical (unpaired) electrons. The Bertz CT molecular complexity index is 810. The molecule has 0 bridgehead atoms. The summed E-state index contributed by atoms with van der Waals surface area (Å²) in [6, 6.07) is 8.14. The maximum Gasteiger partial charge on any atom is 0.418 e. The van der Waals surface area contributed by atoms with Crippen LogP contribution in [0.4, 0.5) is 10.8 Å². The molecule has 0 N–H and O–H groups in total. The molecule has 4 rings (SSSR count). The average Bonchev–Trinajstić information content (AvgIpc) is 3.07. The van der Waals surface area contributed by atoms with Gasteiger partial charge in [-0.05, 0) is 32.9 Å². The first-order chi connectivity index (χ1) is 11.8. The van der Waals surface area contributed by atoms with Crippen molar-refractivity contribution in [1.29, 1.82) is 0 Å². The average molecular weight is 343 g/mol. The molecule has 2 amide bonds. The van der Waals surface area contributed by atoms with Crippen LogP contribution in [0.15, 0.2) is 28.7 Å². The molecule has 2 saturated heterocycles. The number of piperidine rings is 1. The second-order valence-electron chi connectivity index (χ2n) is 7.62. The number of anilines is 1. The summed E-state index contributed by atoms with van der Waals surface area (Å²) < 4.78 is 11.3. The maximum absolute atomic E-state index is 12.8. The fourth-order valence-corrected chi connectivity index (χ4v) is 3.49. The lowest BCUT2D eigenvalue weighted by atomic mass is 9.89. The molecule has 7 nitrogen and oxygen atoms in total. The molecule has 0 aliphatic carbocycles. The Balaban J connectivity index is 1.53. The highest BCUT2D eigenvalue weighted by molar-refractivity contribution is 6.03. The van der Waals surface area contributed by atoms with Crippen molar-refractivity contribution in [2.75, 3.05) is 18.0 Å². The minimum atomic E-state index is -1.05. The van der Waals surface area contributed by atoms with Crippen molar-refractivity contribution in [3.63, 3.8) is 0 Å². The topological polar surface area (TPSA) is 75.9 Å². The van der Waals surface area contributed by atoms with E-state index in [1.807, 2.05) is 49.9 Å². The van der Waals surface area contributed by atoms with Crippen molar-refractivity contribution in [2.45, 2.75) is 44.8 Å². The smallest absolute Gasteiger partial charge is 0.418 e. The molecule has 0 saturated carbocycles. The number of oxazole rings is 1. The maximum atomic E-state index is 12.8. The molecule has 0 atom stereocenters. The molecule has 1 aromatic carbocycles. The first-order valence-corrected chi connectivity index (χ1v) is 8.48. The van der Waals surface area contributed by atoms with Crippen LogP contribution in [0.1, 0.15) is 33.6 Å². The molecule has 3 heterocycles. The Hall–Kier alpha value is -2.57. The van der Waals surface area contributed by atoms with Gasteiger partial charge >= 0.3 is 6.09 Å². The molecule has 2 aliphatic heterocycles. The number of aromatic nitrogens is 1. The first kappa shape index (κ1) is 15.9. The predicted octanol–water partition coefficient (Wildman–Crippen LogP) is 2.94. The molecule has 2 aliphatic rings. The number of imide groups is 1. The minimum absolute atomic E-state index is 0.234. The van der Waals surface area contributed by atoms with Crippen LogP contribution in [0.5, 0.6) is 0 Å². The largest absolute Gasteiger partial charge is 0.432 e. The van der Waals surface area contributed by atoms with Gasteiger partial charge < -0.3 is 14.1 Å². The number of hydrogen-bond donors (Lipinski definition) is 0. The van der Waals surface area contributed by atoms with Crippen LogP contribution in [-0.2, 0) is 9.53 Å². The number of nitrogens with zero attached hydrogens (tertiary/aromatic N) is 3. The third-order valence-electron chi connectivity index (χ3n) is 4.85.